The first kappa shape index (κ1) is 51.5. The van der Waals surface area contributed by atoms with Crippen LogP contribution in [0.4, 0.5) is 0 Å². The van der Waals surface area contributed by atoms with Crippen molar-refractivity contribution in [1.29, 1.82) is 0 Å². The van der Waals surface area contributed by atoms with Crippen LogP contribution in [0, 0.1) is 0 Å². The number of hydrogen-bond acceptors (Lipinski definition) is 8. The highest BCUT2D eigenvalue weighted by molar-refractivity contribution is 7.47. The Morgan fingerprint density at radius 2 is 0.925 bits per heavy atom. The third-order valence-electron chi connectivity index (χ3n) is 9.31. The summed E-state index contributed by atoms with van der Waals surface area (Å²) in [7, 11) is -4.37. The molecular formula is C43H82NO8P. The summed E-state index contributed by atoms with van der Waals surface area (Å²) in [5, 5.41) is 0. The van der Waals surface area contributed by atoms with Crippen molar-refractivity contribution >= 4 is 19.8 Å². The molecule has 0 fully saturated rings. The van der Waals surface area contributed by atoms with E-state index >= 15 is 0 Å². The second-order valence-electron chi connectivity index (χ2n) is 14.6. The van der Waals surface area contributed by atoms with Gasteiger partial charge in [-0.15, -0.1) is 0 Å². The second kappa shape index (κ2) is 40.2. The van der Waals surface area contributed by atoms with Gasteiger partial charge in [0.2, 0.25) is 0 Å². The number of hydrogen-bond donors (Lipinski definition) is 2. The van der Waals surface area contributed by atoms with Crippen LogP contribution in [0.3, 0.4) is 0 Å². The minimum absolute atomic E-state index is 0.0531. The topological polar surface area (TPSA) is 134 Å². The van der Waals surface area contributed by atoms with Crippen molar-refractivity contribution in [3.8, 4) is 0 Å². The summed E-state index contributed by atoms with van der Waals surface area (Å²) in [6.45, 7) is 3.72. The molecule has 0 radical (unpaired) electrons. The maximum absolute atomic E-state index is 12.6. The summed E-state index contributed by atoms with van der Waals surface area (Å²) in [5.74, 6) is -0.834. The van der Waals surface area contributed by atoms with E-state index in [2.05, 4.69) is 38.2 Å². The number of nitrogens with two attached hydrogens (primary N) is 1. The Kier molecular flexibility index (Phi) is 39.0. The van der Waals surface area contributed by atoms with Crippen molar-refractivity contribution in [2.24, 2.45) is 5.73 Å². The minimum Gasteiger partial charge on any atom is -0.462 e. The van der Waals surface area contributed by atoms with Gasteiger partial charge in [0.25, 0.3) is 0 Å². The lowest BCUT2D eigenvalue weighted by Gasteiger charge is -2.19. The molecule has 0 aliphatic heterocycles. The Morgan fingerprint density at radius 3 is 1.36 bits per heavy atom. The summed E-state index contributed by atoms with van der Waals surface area (Å²) >= 11 is 0. The summed E-state index contributed by atoms with van der Waals surface area (Å²) in [6, 6.07) is 0. The summed E-state index contributed by atoms with van der Waals surface area (Å²) in [6.07, 6.45) is 42.0. The molecule has 0 saturated carbocycles. The highest BCUT2D eigenvalue weighted by atomic mass is 31.2. The molecule has 0 rings (SSSR count). The predicted molar refractivity (Wildman–Crippen MR) is 220 cm³/mol. The number of unbranched alkanes of at least 4 members (excludes halogenated alkanes) is 24. The molecule has 2 atom stereocenters. The van der Waals surface area contributed by atoms with Crippen LogP contribution in [0.5, 0.6) is 0 Å². The average molecular weight is 772 g/mol. The van der Waals surface area contributed by atoms with E-state index in [1.165, 1.54) is 116 Å². The van der Waals surface area contributed by atoms with E-state index in [-0.39, 0.29) is 38.6 Å². The maximum Gasteiger partial charge on any atom is 0.472 e. The SMILES string of the molecule is CCCCCCC=CCCCCCCCCCC(=O)OC[C@H](COP(=O)(O)OCCN)OC(=O)CCCCCCCCCC=CCCCCCCCC. The lowest BCUT2D eigenvalue weighted by Crippen LogP contribution is -2.29. The van der Waals surface area contributed by atoms with Crippen molar-refractivity contribution < 1.29 is 37.6 Å². The molecule has 0 aliphatic carbocycles. The standard InChI is InChI=1S/C43H82NO8P/c1-3-5-7-9-11-13-15-17-19-20-22-24-26-28-30-32-34-36-43(46)52-41(40-51-53(47,48)50-38-37-44)39-49-42(45)35-33-31-29-27-25-23-21-18-16-14-12-10-8-6-4-2/h14,16-17,19,41H,3-13,15,18,20-40,44H2,1-2H3,(H,47,48)/t41-/m1/s1. The van der Waals surface area contributed by atoms with E-state index in [1.54, 1.807) is 0 Å². The number of allylic oxidation sites excluding steroid dienone is 4. The third-order valence-corrected chi connectivity index (χ3v) is 10.3. The lowest BCUT2D eigenvalue weighted by molar-refractivity contribution is -0.161. The van der Waals surface area contributed by atoms with E-state index in [9.17, 15) is 19.0 Å². The van der Waals surface area contributed by atoms with Crippen LogP contribution in [-0.2, 0) is 32.7 Å². The summed E-state index contributed by atoms with van der Waals surface area (Å²) < 4.78 is 32.8. The maximum atomic E-state index is 12.6. The first-order valence-corrected chi connectivity index (χ1v) is 23.3. The number of ether oxygens (including phenoxy) is 2. The Bertz CT molecular complexity index is 928. The van der Waals surface area contributed by atoms with Crippen LogP contribution >= 0.6 is 7.82 Å². The molecule has 1 unspecified atom stereocenters. The molecule has 3 N–H and O–H groups in total. The number of rotatable bonds is 41. The Labute approximate surface area is 325 Å². The zero-order valence-corrected chi connectivity index (χ0v) is 35.2. The fraction of sp³-hybridized carbons (Fsp3) is 0.860. The second-order valence-corrected chi connectivity index (χ2v) is 16.0. The molecule has 0 aliphatic rings. The van der Waals surface area contributed by atoms with Gasteiger partial charge in [0.1, 0.15) is 6.61 Å². The first-order valence-electron chi connectivity index (χ1n) is 21.8. The summed E-state index contributed by atoms with van der Waals surface area (Å²) in [5.41, 5.74) is 5.35. The minimum atomic E-state index is -4.37. The molecule has 0 spiro atoms. The van der Waals surface area contributed by atoms with Gasteiger partial charge in [-0.1, -0.05) is 154 Å². The van der Waals surface area contributed by atoms with Crippen molar-refractivity contribution in [2.45, 2.75) is 213 Å². The van der Waals surface area contributed by atoms with Gasteiger partial charge in [-0.25, -0.2) is 4.57 Å². The molecule has 10 heteroatoms. The average Bonchev–Trinajstić information content (AvgIpc) is 3.14. The number of phosphoric acid groups is 1. The molecule has 0 aromatic carbocycles. The van der Waals surface area contributed by atoms with Gasteiger partial charge in [-0.2, -0.15) is 0 Å². The van der Waals surface area contributed by atoms with Crippen molar-refractivity contribution in [3.05, 3.63) is 24.3 Å². The molecule has 0 amide bonds. The summed E-state index contributed by atoms with van der Waals surface area (Å²) in [4.78, 5) is 34.9. The van der Waals surface area contributed by atoms with Gasteiger partial charge in [0.15, 0.2) is 6.10 Å². The van der Waals surface area contributed by atoms with Crippen LogP contribution in [0.2, 0.25) is 0 Å². The highest BCUT2D eigenvalue weighted by Crippen LogP contribution is 2.43. The van der Waals surface area contributed by atoms with Crippen LogP contribution in [-0.4, -0.2) is 49.3 Å². The van der Waals surface area contributed by atoms with Gasteiger partial charge in [-0.3, -0.25) is 18.6 Å². The molecule has 0 aromatic heterocycles. The van der Waals surface area contributed by atoms with Crippen molar-refractivity contribution in [3.63, 3.8) is 0 Å². The van der Waals surface area contributed by atoms with Crippen LogP contribution in [0.15, 0.2) is 24.3 Å². The highest BCUT2D eigenvalue weighted by Gasteiger charge is 2.26. The molecule has 9 nitrogen and oxygen atoms in total. The van der Waals surface area contributed by atoms with E-state index in [0.29, 0.717) is 6.42 Å². The molecule has 0 heterocycles. The van der Waals surface area contributed by atoms with Crippen molar-refractivity contribution in [2.75, 3.05) is 26.4 Å². The quantitative estimate of drug-likeness (QED) is 0.0269. The Balaban J connectivity index is 4.15. The number of carbonyl (C=O) groups excluding carboxylic acids is 2. The molecule has 0 saturated heterocycles. The van der Waals surface area contributed by atoms with Crippen LogP contribution in [0.25, 0.3) is 0 Å². The van der Waals surface area contributed by atoms with Crippen molar-refractivity contribution in [1.82, 2.24) is 0 Å². The third kappa shape index (κ3) is 40.0. The molecule has 0 bridgehead atoms. The van der Waals surface area contributed by atoms with E-state index in [4.69, 9.17) is 24.3 Å². The smallest absolute Gasteiger partial charge is 0.462 e. The monoisotopic (exact) mass is 772 g/mol. The van der Waals surface area contributed by atoms with Crippen LogP contribution < -0.4 is 5.73 Å². The molecule has 312 valence electrons. The number of carbonyl (C=O) groups is 2. The van der Waals surface area contributed by atoms with Gasteiger partial charge in [-0.05, 0) is 64.2 Å². The van der Waals surface area contributed by atoms with Gasteiger partial charge in [0, 0.05) is 19.4 Å². The van der Waals surface area contributed by atoms with Crippen LogP contribution in [0.1, 0.15) is 206 Å². The normalized spacial score (nSPS) is 13.5. The molecular weight excluding hydrogens is 689 g/mol. The van der Waals surface area contributed by atoms with Gasteiger partial charge >= 0.3 is 19.8 Å². The van der Waals surface area contributed by atoms with E-state index in [1.807, 2.05) is 0 Å². The van der Waals surface area contributed by atoms with E-state index < -0.39 is 26.5 Å². The largest absolute Gasteiger partial charge is 0.472 e. The fourth-order valence-corrected chi connectivity index (χ4v) is 6.80. The zero-order valence-electron chi connectivity index (χ0n) is 34.3. The Hall–Kier alpha value is -1.51. The first-order chi connectivity index (χ1) is 25.8. The number of esters is 2. The van der Waals surface area contributed by atoms with E-state index in [0.717, 1.165) is 57.8 Å². The zero-order chi connectivity index (χ0) is 38.9. The van der Waals surface area contributed by atoms with Gasteiger partial charge in [0.05, 0.1) is 13.2 Å². The Morgan fingerprint density at radius 1 is 0.547 bits per heavy atom. The van der Waals surface area contributed by atoms with Gasteiger partial charge < -0.3 is 20.1 Å². The fourth-order valence-electron chi connectivity index (χ4n) is 6.04. The predicted octanol–water partition coefficient (Wildman–Crippen LogP) is 12.4. The number of phosphoric ester groups is 1. The lowest BCUT2D eigenvalue weighted by atomic mass is 10.1. The molecule has 0 aromatic rings. The molecule has 53 heavy (non-hydrogen) atoms.